The van der Waals surface area contributed by atoms with Gasteiger partial charge in [0.15, 0.2) is 5.78 Å². The Balaban J connectivity index is 0.000000287. The standard InChI is InChI=1S/C24H16N.C5H8O2.Ir/c1-2-9-16-15(7-1)8-5-13-20-22-18-11-4-3-10-17(18)19-12-6-14-21(23(19)22)25-24(16)20;1-4(6)3-5(2)7;/h1-4,6-7,10-12,14H,5,8,13H2;3,6H,1-2H3;/q-1;;/b;4-3-;. The van der Waals surface area contributed by atoms with E-state index in [-0.39, 0.29) is 31.6 Å². The van der Waals surface area contributed by atoms with E-state index in [1.54, 1.807) is 0 Å². The number of allylic oxidation sites excluding steroid dienone is 2. The molecule has 0 atom stereocenters. The fraction of sp³-hybridized carbons (Fsp3) is 0.172. The molecular formula is C29H24IrNO2-. The molecule has 2 aliphatic rings. The van der Waals surface area contributed by atoms with Gasteiger partial charge in [0.05, 0.1) is 11.3 Å². The number of aryl methyl sites for hydroxylation is 1. The Morgan fingerprint density at radius 1 is 0.970 bits per heavy atom. The Hall–Kier alpha value is -3.07. The molecule has 0 saturated heterocycles. The third kappa shape index (κ3) is 4.17. The Bertz CT molecular complexity index is 1400. The molecule has 6 rings (SSSR count). The monoisotopic (exact) mass is 611 g/mol. The van der Waals surface area contributed by atoms with Gasteiger partial charge in [0.2, 0.25) is 0 Å². The van der Waals surface area contributed by atoms with E-state index in [2.05, 4.69) is 60.7 Å². The van der Waals surface area contributed by atoms with Gasteiger partial charge >= 0.3 is 0 Å². The topological polar surface area (TPSA) is 50.2 Å². The molecular weight excluding hydrogens is 587 g/mol. The van der Waals surface area contributed by atoms with Gasteiger partial charge in [-0.2, -0.15) is 0 Å². The fourth-order valence-corrected chi connectivity index (χ4v) is 4.91. The first-order chi connectivity index (χ1) is 15.5. The van der Waals surface area contributed by atoms with E-state index in [0.29, 0.717) is 0 Å². The van der Waals surface area contributed by atoms with E-state index >= 15 is 0 Å². The van der Waals surface area contributed by atoms with Crippen LogP contribution in [0.2, 0.25) is 0 Å². The summed E-state index contributed by atoms with van der Waals surface area (Å²) in [5.41, 5.74) is 11.7. The minimum atomic E-state index is -0.125. The third-order valence-corrected chi connectivity index (χ3v) is 6.06. The number of hydrogen-bond acceptors (Lipinski definition) is 3. The van der Waals surface area contributed by atoms with E-state index in [1.165, 1.54) is 70.7 Å². The summed E-state index contributed by atoms with van der Waals surface area (Å²) in [5.74, 6) is -0.0625. The molecule has 2 aliphatic carbocycles. The van der Waals surface area contributed by atoms with E-state index in [4.69, 9.17) is 10.1 Å². The molecule has 1 N–H and O–H groups in total. The number of fused-ring (bicyclic) bond motifs is 7. The van der Waals surface area contributed by atoms with Gasteiger partial charge in [0, 0.05) is 31.6 Å². The van der Waals surface area contributed by atoms with Gasteiger partial charge in [-0.25, -0.2) is 0 Å². The number of aliphatic hydroxyl groups excluding tert-OH is 1. The average molecular weight is 611 g/mol. The van der Waals surface area contributed by atoms with Gasteiger partial charge in [-0.15, -0.1) is 35.4 Å². The third-order valence-electron chi connectivity index (χ3n) is 6.06. The number of rotatable bonds is 1. The van der Waals surface area contributed by atoms with Crippen molar-refractivity contribution in [2.75, 3.05) is 0 Å². The Morgan fingerprint density at radius 2 is 1.73 bits per heavy atom. The van der Waals surface area contributed by atoms with E-state index in [9.17, 15) is 4.79 Å². The van der Waals surface area contributed by atoms with Crippen LogP contribution in [0.5, 0.6) is 0 Å². The van der Waals surface area contributed by atoms with Gasteiger partial charge in [-0.05, 0) is 54.3 Å². The summed E-state index contributed by atoms with van der Waals surface area (Å²) >= 11 is 0. The molecule has 0 aliphatic heterocycles. The molecule has 0 fully saturated rings. The predicted molar refractivity (Wildman–Crippen MR) is 130 cm³/mol. The number of carbonyl (C=O) groups is 1. The first kappa shape index (κ1) is 23.1. The summed E-state index contributed by atoms with van der Waals surface area (Å²) in [6.45, 7) is 2.85. The quantitative estimate of drug-likeness (QED) is 0.128. The first-order valence-corrected chi connectivity index (χ1v) is 11.0. The van der Waals surface area contributed by atoms with Gasteiger partial charge in [-0.3, -0.25) is 9.78 Å². The number of benzene rings is 3. The van der Waals surface area contributed by atoms with Crippen LogP contribution in [-0.2, 0) is 37.7 Å². The normalized spacial score (nSPS) is 13.0. The molecule has 4 aromatic rings. The maximum atomic E-state index is 10.0. The van der Waals surface area contributed by atoms with Crippen molar-refractivity contribution < 1.29 is 30.0 Å². The van der Waals surface area contributed by atoms with Gasteiger partial charge in [0.1, 0.15) is 0 Å². The zero-order chi connectivity index (χ0) is 22.2. The zero-order valence-corrected chi connectivity index (χ0v) is 21.0. The molecule has 3 nitrogen and oxygen atoms in total. The summed E-state index contributed by atoms with van der Waals surface area (Å²) in [6, 6.07) is 25.2. The zero-order valence-electron chi connectivity index (χ0n) is 18.6. The molecule has 0 unspecified atom stereocenters. The number of hydrogen-bond donors (Lipinski definition) is 1. The number of pyridine rings is 1. The maximum absolute atomic E-state index is 10.0. The van der Waals surface area contributed by atoms with Crippen LogP contribution in [0.25, 0.3) is 44.4 Å². The van der Waals surface area contributed by atoms with Crippen LogP contribution in [-0.4, -0.2) is 15.9 Å². The van der Waals surface area contributed by atoms with Crippen LogP contribution in [0.1, 0.15) is 31.4 Å². The van der Waals surface area contributed by atoms with Crippen LogP contribution in [0.3, 0.4) is 0 Å². The van der Waals surface area contributed by atoms with Crippen LogP contribution in [0, 0.1) is 6.07 Å². The molecule has 167 valence electrons. The van der Waals surface area contributed by atoms with Gasteiger partial charge in [-0.1, -0.05) is 54.8 Å². The number of aromatic nitrogens is 1. The average Bonchev–Trinajstić information content (AvgIpc) is 2.99. The van der Waals surface area contributed by atoms with E-state index in [0.717, 1.165) is 24.1 Å². The minimum Gasteiger partial charge on any atom is -0.512 e. The maximum Gasteiger partial charge on any atom is 0.155 e. The van der Waals surface area contributed by atoms with Crippen molar-refractivity contribution in [2.24, 2.45) is 0 Å². The Kier molecular flexibility index (Phi) is 6.60. The Morgan fingerprint density at radius 3 is 2.45 bits per heavy atom. The fourth-order valence-electron chi connectivity index (χ4n) is 4.91. The molecule has 0 bridgehead atoms. The summed E-state index contributed by atoms with van der Waals surface area (Å²) < 4.78 is 0. The molecule has 33 heavy (non-hydrogen) atoms. The summed E-state index contributed by atoms with van der Waals surface area (Å²) in [5, 5.41) is 9.70. The molecule has 0 spiro atoms. The van der Waals surface area contributed by atoms with Crippen molar-refractivity contribution in [1.29, 1.82) is 0 Å². The minimum absolute atomic E-state index is 0. The summed E-state index contributed by atoms with van der Waals surface area (Å²) in [7, 11) is 0. The molecule has 1 radical (unpaired) electrons. The summed E-state index contributed by atoms with van der Waals surface area (Å²) in [6.07, 6.45) is 4.52. The summed E-state index contributed by atoms with van der Waals surface area (Å²) in [4.78, 5) is 15.1. The second kappa shape index (κ2) is 9.43. The predicted octanol–water partition coefficient (Wildman–Crippen LogP) is 6.87. The second-order valence-electron chi connectivity index (χ2n) is 8.38. The molecule has 1 aromatic heterocycles. The Labute approximate surface area is 207 Å². The van der Waals surface area contributed by atoms with E-state index in [1.807, 2.05) is 6.07 Å². The van der Waals surface area contributed by atoms with Crippen LogP contribution in [0.15, 0.2) is 72.5 Å². The van der Waals surface area contributed by atoms with Crippen molar-refractivity contribution in [1.82, 2.24) is 4.98 Å². The molecule has 0 saturated carbocycles. The largest absolute Gasteiger partial charge is 0.512 e. The smallest absolute Gasteiger partial charge is 0.155 e. The van der Waals surface area contributed by atoms with Gasteiger partial charge in [0.25, 0.3) is 0 Å². The second-order valence-corrected chi connectivity index (χ2v) is 8.38. The molecule has 0 amide bonds. The van der Waals surface area contributed by atoms with Crippen molar-refractivity contribution in [3.05, 3.63) is 89.7 Å². The number of ketones is 1. The van der Waals surface area contributed by atoms with E-state index < -0.39 is 0 Å². The SMILES string of the molecule is CC(=O)/C=C(/C)O.[Ir].[c-]1cccc2c1-c1nc3cccc4c3c(c1CCC2)-c1ccccc1-4. The first-order valence-electron chi connectivity index (χ1n) is 11.0. The number of nitrogens with zero attached hydrogens (tertiary/aromatic N) is 1. The van der Waals surface area contributed by atoms with Crippen LogP contribution < -0.4 is 0 Å². The van der Waals surface area contributed by atoms with Crippen LogP contribution in [0.4, 0.5) is 0 Å². The molecule has 4 heteroatoms. The van der Waals surface area contributed by atoms with Crippen molar-refractivity contribution in [3.63, 3.8) is 0 Å². The van der Waals surface area contributed by atoms with Crippen molar-refractivity contribution in [2.45, 2.75) is 33.1 Å². The van der Waals surface area contributed by atoms with Crippen LogP contribution >= 0.6 is 0 Å². The van der Waals surface area contributed by atoms with Crippen molar-refractivity contribution >= 4 is 16.7 Å². The number of aliphatic hydroxyl groups is 1. The molecule has 3 aromatic carbocycles. The number of carbonyl (C=O) groups excluding carboxylic acids is 1. The molecule has 1 heterocycles. The van der Waals surface area contributed by atoms with Crippen molar-refractivity contribution in [3.8, 4) is 33.5 Å². The van der Waals surface area contributed by atoms with Gasteiger partial charge < -0.3 is 5.11 Å².